The number of guanidine groups is 1. The standard InChI is InChI=1S/C20H22FN5S/c1-22-20(24-10-12-27-17-5-3-2-4-6-17)25-14-16-7-8-19(18(21)13-16)26-11-9-23-15-26/h2-9,11,13,15H,10,12,14H2,1H3,(H2,22,24,25). The minimum absolute atomic E-state index is 0.283. The lowest BCUT2D eigenvalue weighted by molar-refractivity contribution is 0.615. The van der Waals surface area contributed by atoms with Crippen LogP contribution in [0, 0.1) is 5.82 Å². The summed E-state index contributed by atoms with van der Waals surface area (Å²) < 4.78 is 16.0. The molecule has 3 rings (SSSR count). The van der Waals surface area contributed by atoms with E-state index in [0.717, 1.165) is 17.9 Å². The molecule has 7 heteroatoms. The molecule has 5 nitrogen and oxygen atoms in total. The summed E-state index contributed by atoms with van der Waals surface area (Å²) in [5, 5.41) is 6.48. The van der Waals surface area contributed by atoms with Crippen molar-refractivity contribution in [2.75, 3.05) is 19.3 Å². The van der Waals surface area contributed by atoms with Gasteiger partial charge in [0.05, 0.1) is 12.0 Å². The lowest BCUT2D eigenvalue weighted by Gasteiger charge is -2.12. The zero-order valence-electron chi connectivity index (χ0n) is 15.1. The molecule has 0 saturated heterocycles. The smallest absolute Gasteiger partial charge is 0.191 e. The molecule has 2 N–H and O–H groups in total. The van der Waals surface area contributed by atoms with Gasteiger partial charge in [0.2, 0.25) is 0 Å². The van der Waals surface area contributed by atoms with Crippen molar-refractivity contribution in [2.45, 2.75) is 11.4 Å². The Labute approximate surface area is 162 Å². The van der Waals surface area contributed by atoms with Crippen molar-refractivity contribution in [2.24, 2.45) is 4.99 Å². The second-order valence-electron chi connectivity index (χ2n) is 5.77. The van der Waals surface area contributed by atoms with Gasteiger partial charge in [-0.1, -0.05) is 24.3 Å². The van der Waals surface area contributed by atoms with E-state index in [2.05, 4.69) is 32.7 Å². The number of halogens is 1. The maximum absolute atomic E-state index is 14.3. The molecule has 27 heavy (non-hydrogen) atoms. The van der Waals surface area contributed by atoms with Crippen LogP contribution < -0.4 is 10.6 Å². The molecule has 0 fully saturated rings. The third-order valence-corrected chi connectivity index (χ3v) is 4.90. The zero-order chi connectivity index (χ0) is 18.9. The molecule has 0 saturated carbocycles. The highest BCUT2D eigenvalue weighted by Crippen LogP contribution is 2.16. The van der Waals surface area contributed by atoms with Crippen molar-refractivity contribution in [1.29, 1.82) is 0 Å². The number of thioether (sulfide) groups is 1. The van der Waals surface area contributed by atoms with Crippen molar-refractivity contribution < 1.29 is 4.39 Å². The van der Waals surface area contributed by atoms with Gasteiger partial charge < -0.3 is 15.2 Å². The fraction of sp³-hybridized carbons (Fsp3) is 0.200. The lowest BCUT2D eigenvalue weighted by Crippen LogP contribution is -2.37. The Morgan fingerprint density at radius 3 is 2.74 bits per heavy atom. The predicted octanol–water partition coefficient (Wildman–Crippen LogP) is 3.47. The number of nitrogens with one attached hydrogen (secondary N) is 2. The van der Waals surface area contributed by atoms with E-state index in [1.54, 1.807) is 48.2 Å². The Morgan fingerprint density at radius 1 is 1.19 bits per heavy atom. The summed E-state index contributed by atoms with van der Waals surface area (Å²) >= 11 is 1.79. The van der Waals surface area contributed by atoms with Crippen LogP contribution in [0.2, 0.25) is 0 Å². The first-order valence-corrected chi connectivity index (χ1v) is 9.64. The van der Waals surface area contributed by atoms with E-state index in [9.17, 15) is 4.39 Å². The lowest BCUT2D eigenvalue weighted by atomic mass is 10.2. The van der Waals surface area contributed by atoms with Gasteiger partial charge in [-0.2, -0.15) is 0 Å². The number of benzene rings is 2. The van der Waals surface area contributed by atoms with Gasteiger partial charge in [0.15, 0.2) is 5.96 Å². The second-order valence-corrected chi connectivity index (χ2v) is 6.94. The van der Waals surface area contributed by atoms with Crippen LogP contribution in [-0.4, -0.2) is 34.9 Å². The molecule has 0 aliphatic heterocycles. The van der Waals surface area contributed by atoms with Gasteiger partial charge in [-0.15, -0.1) is 11.8 Å². The number of imidazole rings is 1. The Morgan fingerprint density at radius 2 is 2.04 bits per heavy atom. The largest absolute Gasteiger partial charge is 0.356 e. The average Bonchev–Trinajstić information content (AvgIpc) is 3.23. The minimum Gasteiger partial charge on any atom is -0.356 e. The van der Waals surface area contributed by atoms with Crippen LogP contribution in [0.15, 0.2) is 77.1 Å². The second kappa shape index (κ2) is 9.78. The van der Waals surface area contributed by atoms with E-state index < -0.39 is 0 Å². The molecule has 0 bridgehead atoms. The van der Waals surface area contributed by atoms with E-state index >= 15 is 0 Å². The molecule has 0 radical (unpaired) electrons. The van der Waals surface area contributed by atoms with Crippen LogP contribution in [0.3, 0.4) is 0 Å². The van der Waals surface area contributed by atoms with Crippen molar-refractivity contribution in [1.82, 2.24) is 20.2 Å². The molecule has 2 aromatic carbocycles. The fourth-order valence-corrected chi connectivity index (χ4v) is 3.32. The molecule has 3 aromatic rings. The van der Waals surface area contributed by atoms with Crippen molar-refractivity contribution in [3.8, 4) is 5.69 Å². The molecule has 0 unspecified atom stereocenters. The molecule has 0 aliphatic rings. The van der Waals surface area contributed by atoms with E-state index in [1.807, 2.05) is 24.3 Å². The van der Waals surface area contributed by atoms with Gasteiger partial charge in [-0.05, 0) is 29.8 Å². The molecule has 0 atom stereocenters. The molecule has 0 spiro atoms. The number of hydrogen-bond acceptors (Lipinski definition) is 3. The fourth-order valence-electron chi connectivity index (χ4n) is 2.53. The van der Waals surface area contributed by atoms with Crippen LogP contribution in [0.25, 0.3) is 5.69 Å². The highest BCUT2D eigenvalue weighted by Gasteiger charge is 2.06. The molecular weight excluding hydrogens is 361 g/mol. The van der Waals surface area contributed by atoms with Crippen LogP contribution in [0.4, 0.5) is 4.39 Å². The van der Waals surface area contributed by atoms with Gasteiger partial charge in [0.1, 0.15) is 5.82 Å². The van der Waals surface area contributed by atoms with Crippen molar-refractivity contribution in [3.63, 3.8) is 0 Å². The normalized spacial score (nSPS) is 11.4. The number of nitrogens with zero attached hydrogens (tertiary/aromatic N) is 3. The summed E-state index contributed by atoms with van der Waals surface area (Å²) in [7, 11) is 1.72. The maximum atomic E-state index is 14.3. The van der Waals surface area contributed by atoms with Gasteiger partial charge in [0, 0.05) is 43.2 Å². The number of hydrogen-bond donors (Lipinski definition) is 2. The molecule has 1 aromatic heterocycles. The summed E-state index contributed by atoms with van der Waals surface area (Å²) in [4.78, 5) is 9.40. The Balaban J connectivity index is 1.46. The van der Waals surface area contributed by atoms with Crippen LogP contribution in [0.5, 0.6) is 0 Å². The van der Waals surface area contributed by atoms with Crippen LogP contribution in [-0.2, 0) is 6.54 Å². The first-order valence-electron chi connectivity index (χ1n) is 8.65. The van der Waals surface area contributed by atoms with E-state index in [1.165, 1.54) is 11.0 Å². The van der Waals surface area contributed by atoms with Gasteiger partial charge in [-0.25, -0.2) is 9.37 Å². The van der Waals surface area contributed by atoms with Crippen molar-refractivity contribution in [3.05, 3.63) is 78.6 Å². The molecule has 1 heterocycles. The SMILES string of the molecule is CN=C(NCCSc1ccccc1)NCc1ccc(-n2ccnc2)c(F)c1. The predicted molar refractivity (Wildman–Crippen MR) is 109 cm³/mol. The van der Waals surface area contributed by atoms with Crippen molar-refractivity contribution >= 4 is 17.7 Å². The molecule has 0 aliphatic carbocycles. The first-order chi connectivity index (χ1) is 13.3. The Kier molecular flexibility index (Phi) is 6.87. The zero-order valence-corrected chi connectivity index (χ0v) is 15.9. The molecular formula is C20H22FN5S. The Bertz CT molecular complexity index is 865. The highest BCUT2D eigenvalue weighted by atomic mass is 32.2. The number of aliphatic imine (C=N–C) groups is 1. The van der Waals surface area contributed by atoms with E-state index in [0.29, 0.717) is 18.2 Å². The molecule has 140 valence electrons. The summed E-state index contributed by atoms with van der Waals surface area (Å²) in [5.41, 5.74) is 1.33. The summed E-state index contributed by atoms with van der Waals surface area (Å²) in [5.74, 6) is 1.34. The van der Waals surface area contributed by atoms with Gasteiger partial charge in [-0.3, -0.25) is 4.99 Å². The summed E-state index contributed by atoms with van der Waals surface area (Å²) in [6.07, 6.45) is 4.92. The maximum Gasteiger partial charge on any atom is 0.191 e. The minimum atomic E-state index is -0.283. The quantitative estimate of drug-likeness (QED) is 0.284. The van der Waals surface area contributed by atoms with Crippen LogP contribution in [0.1, 0.15) is 5.56 Å². The average molecular weight is 383 g/mol. The number of aromatic nitrogens is 2. The highest BCUT2D eigenvalue weighted by molar-refractivity contribution is 7.99. The first kappa shape index (κ1) is 19.0. The van der Waals surface area contributed by atoms with E-state index in [-0.39, 0.29) is 5.82 Å². The third kappa shape index (κ3) is 5.59. The van der Waals surface area contributed by atoms with Gasteiger partial charge in [0.25, 0.3) is 0 Å². The van der Waals surface area contributed by atoms with Crippen LogP contribution >= 0.6 is 11.8 Å². The Hall–Kier alpha value is -2.80. The molecule has 0 amide bonds. The van der Waals surface area contributed by atoms with Gasteiger partial charge >= 0.3 is 0 Å². The summed E-state index contributed by atoms with van der Waals surface area (Å²) in [6, 6.07) is 15.4. The monoisotopic (exact) mass is 383 g/mol. The van der Waals surface area contributed by atoms with E-state index in [4.69, 9.17) is 0 Å². The summed E-state index contributed by atoms with van der Waals surface area (Å²) in [6.45, 7) is 1.28. The third-order valence-electron chi connectivity index (χ3n) is 3.88. The topological polar surface area (TPSA) is 54.2 Å². The number of rotatable bonds is 7.